The van der Waals surface area contributed by atoms with E-state index in [4.69, 9.17) is 10.8 Å². The molecule has 1 aromatic rings. The fourth-order valence-corrected chi connectivity index (χ4v) is 1.51. The van der Waals surface area contributed by atoms with E-state index in [1.54, 1.807) is 12.1 Å². The number of hydrogen-bond donors (Lipinski definition) is 2. The average Bonchev–Trinajstić information content (AvgIpc) is 2.28. The van der Waals surface area contributed by atoms with Gasteiger partial charge in [-0.25, -0.2) is 4.79 Å². The maximum Gasteiger partial charge on any atom is 0.417 e. The third-order valence-electron chi connectivity index (χ3n) is 2.80. The van der Waals surface area contributed by atoms with Crippen LogP contribution in [0.15, 0.2) is 24.3 Å². The molecular weight excluding hydrogens is 247 g/mol. The molecule has 0 saturated heterocycles. The van der Waals surface area contributed by atoms with Gasteiger partial charge in [0.1, 0.15) is 0 Å². The Bertz CT molecular complexity index is 428. The lowest BCUT2D eigenvalue weighted by molar-refractivity contribution is -0.201. The van der Waals surface area contributed by atoms with Crippen LogP contribution >= 0.6 is 0 Å². The van der Waals surface area contributed by atoms with Crippen LogP contribution in [0.5, 0.6) is 0 Å². The molecule has 6 heteroatoms. The van der Waals surface area contributed by atoms with E-state index in [-0.39, 0.29) is 5.56 Å². The van der Waals surface area contributed by atoms with Crippen molar-refractivity contribution >= 4 is 5.97 Å². The van der Waals surface area contributed by atoms with Gasteiger partial charge in [0.05, 0.1) is 0 Å². The Kier molecular flexibility index (Phi) is 4.01. The summed E-state index contributed by atoms with van der Waals surface area (Å²) in [5.74, 6) is -2.07. The standard InChI is InChI=1S/C12H14F3NO2/c1-2-8-3-5-9(6-4-8)7-11(16,10(17)18)12(13,14)15/h3-6H,2,7,16H2,1H3,(H,17,18). The summed E-state index contributed by atoms with van der Waals surface area (Å²) in [6.07, 6.45) is -5.02. The molecule has 1 rings (SSSR count). The number of hydrogen-bond acceptors (Lipinski definition) is 2. The van der Waals surface area contributed by atoms with Gasteiger partial charge < -0.3 is 10.8 Å². The molecule has 0 amide bonds. The maximum absolute atomic E-state index is 12.7. The highest BCUT2D eigenvalue weighted by molar-refractivity contribution is 5.80. The molecule has 1 atom stereocenters. The van der Waals surface area contributed by atoms with Crippen LogP contribution in [0, 0.1) is 0 Å². The predicted octanol–water partition coefficient (Wildman–Crippen LogP) is 2.14. The van der Waals surface area contributed by atoms with Crippen LogP contribution in [0.25, 0.3) is 0 Å². The molecule has 0 radical (unpaired) electrons. The van der Waals surface area contributed by atoms with Gasteiger partial charge in [-0.1, -0.05) is 31.2 Å². The Morgan fingerprint density at radius 1 is 1.22 bits per heavy atom. The number of rotatable bonds is 4. The third kappa shape index (κ3) is 2.81. The molecule has 1 unspecified atom stereocenters. The molecule has 0 bridgehead atoms. The zero-order chi connectivity index (χ0) is 14.0. The first-order valence-electron chi connectivity index (χ1n) is 5.37. The molecule has 3 N–H and O–H groups in total. The zero-order valence-electron chi connectivity index (χ0n) is 9.79. The number of carboxylic acids is 1. The molecule has 0 saturated carbocycles. The number of aryl methyl sites for hydroxylation is 1. The molecule has 0 heterocycles. The zero-order valence-corrected chi connectivity index (χ0v) is 9.79. The van der Waals surface area contributed by atoms with E-state index in [0.717, 1.165) is 12.0 Å². The van der Waals surface area contributed by atoms with Gasteiger partial charge in [-0.2, -0.15) is 13.2 Å². The average molecular weight is 261 g/mol. The van der Waals surface area contributed by atoms with E-state index in [9.17, 15) is 18.0 Å². The lowest BCUT2D eigenvalue weighted by Gasteiger charge is -2.27. The van der Waals surface area contributed by atoms with Gasteiger partial charge in [0.15, 0.2) is 0 Å². The molecule has 0 aliphatic carbocycles. The summed E-state index contributed by atoms with van der Waals surface area (Å²) in [5, 5.41) is 8.69. The van der Waals surface area contributed by atoms with E-state index in [0.29, 0.717) is 0 Å². The minimum absolute atomic E-state index is 0.245. The molecule has 0 aromatic heterocycles. The summed E-state index contributed by atoms with van der Waals surface area (Å²) in [5.41, 5.74) is 2.95. The number of halogens is 3. The van der Waals surface area contributed by atoms with Gasteiger partial charge in [-0.15, -0.1) is 0 Å². The van der Waals surface area contributed by atoms with Crippen LogP contribution < -0.4 is 5.73 Å². The molecule has 0 spiro atoms. The van der Waals surface area contributed by atoms with Crippen LogP contribution in [0.4, 0.5) is 13.2 Å². The molecule has 3 nitrogen and oxygen atoms in total. The van der Waals surface area contributed by atoms with Gasteiger partial charge in [-0.05, 0) is 17.5 Å². The predicted molar refractivity (Wildman–Crippen MR) is 60.1 cm³/mol. The van der Waals surface area contributed by atoms with E-state index >= 15 is 0 Å². The van der Waals surface area contributed by atoms with Gasteiger partial charge in [-0.3, -0.25) is 0 Å². The van der Waals surface area contributed by atoms with Crippen molar-refractivity contribution in [1.82, 2.24) is 0 Å². The number of benzene rings is 1. The van der Waals surface area contributed by atoms with Crippen molar-refractivity contribution in [3.05, 3.63) is 35.4 Å². The van der Waals surface area contributed by atoms with Crippen LogP contribution in [-0.4, -0.2) is 22.8 Å². The lowest BCUT2D eigenvalue weighted by Crippen LogP contribution is -2.61. The van der Waals surface area contributed by atoms with E-state index < -0.39 is 24.1 Å². The van der Waals surface area contributed by atoms with Crippen molar-refractivity contribution < 1.29 is 23.1 Å². The normalized spacial score (nSPS) is 15.2. The molecule has 0 aliphatic heterocycles. The summed E-state index contributed by atoms with van der Waals surface area (Å²) in [4.78, 5) is 10.8. The molecule has 18 heavy (non-hydrogen) atoms. The summed E-state index contributed by atoms with van der Waals surface area (Å²) >= 11 is 0. The van der Waals surface area contributed by atoms with E-state index in [2.05, 4.69) is 0 Å². The van der Waals surface area contributed by atoms with Gasteiger partial charge >= 0.3 is 12.1 Å². The SMILES string of the molecule is CCc1ccc(CC(N)(C(=O)O)C(F)(F)F)cc1. The van der Waals surface area contributed by atoms with Crippen molar-refractivity contribution in [2.75, 3.05) is 0 Å². The Morgan fingerprint density at radius 2 is 1.67 bits per heavy atom. The number of carboxylic acid groups (broad SMARTS) is 1. The first kappa shape index (κ1) is 14.5. The highest BCUT2D eigenvalue weighted by Gasteiger charge is 2.58. The summed E-state index contributed by atoms with van der Waals surface area (Å²) < 4.78 is 38.0. The Hall–Kier alpha value is -1.56. The summed E-state index contributed by atoms with van der Waals surface area (Å²) in [6, 6.07) is 6.26. The largest absolute Gasteiger partial charge is 0.480 e. The number of alkyl halides is 3. The Balaban J connectivity index is 3.01. The smallest absolute Gasteiger partial charge is 0.417 e. The number of carbonyl (C=O) groups is 1. The summed E-state index contributed by atoms with van der Waals surface area (Å²) in [7, 11) is 0. The number of aliphatic carboxylic acids is 1. The summed E-state index contributed by atoms with van der Waals surface area (Å²) in [6.45, 7) is 1.91. The second-order valence-corrected chi connectivity index (χ2v) is 4.12. The molecule has 1 aromatic carbocycles. The lowest BCUT2D eigenvalue weighted by atomic mass is 9.90. The van der Waals surface area contributed by atoms with Crippen LogP contribution in [0.2, 0.25) is 0 Å². The van der Waals surface area contributed by atoms with Crippen LogP contribution in [0.1, 0.15) is 18.1 Å². The fraction of sp³-hybridized carbons (Fsp3) is 0.417. The highest BCUT2D eigenvalue weighted by atomic mass is 19.4. The Morgan fingerprint density at radius 3 is 2.00 bits per heavy atom. The fourth-order valence-electron chi connectivity index (χ4n) is 1.51. The number of nitrogens with two attached hydrogens (primary N) is 1. The molecule has 0 fully saturated rings. The van der Waals surface area contributed by atoms with Crippen molar-refractivity contribution in [3.8, 4) is 0 Å². The van der Waals surface area contributed by atoms with Crippen molar-refractivity contribution in [3.63, 3.8) is 0 Å². The van der Waals surface area contributed by atoms with Gasteiger partial charge in [0, 0.05) is 6.42 Å². The molecule has 100 valence electrons. The van der Waals surface area contributed by atoms with E-state index in [1.807, 2.05) is 6.92 Å². The van der Waals surface area contributed by atoms with Crippen molar-refractivity contribution in [1.29, 1.82) is 0 Å². The molecular formula is C12H14F3NO2. The monoisotopic (exact) mass is 261 g/mol. The minimum atomic E-state index is -5.00. The van der Waals surface area contributed by atoms with Crippen LogP contribution in [0.3, 0.4) is 0 Å². The first-order valence-corrected chi connectivity index (χ1v) is 5.37. The Labute approximate surface area is 102 Å². The second-order valence-electron chi connectivity index (χ2n) is 4.12. The minimum Gasteiger partial charge on any atom is -0.480 e. The molecule has 0 aliphatic rings. The van der Waals surface area contributed by atoms with Crippen molar-refractivity contribution in [2.24, 2.45) is 5.73 Å². The van der Waals surface area contributed by atoms with Gasteiger partial charge in [0.25, 0.3) is 0 Å². The maximum atomic E-state index is 12.7. The highest BCUT2D eigenvalue weighted by Crippen LogP contribution is 2.31. The van der Waals surface area contributed by atoms with Crippen LogP contribution in [-0.2, 0) is 17.6 Å². The third-order valence-corrected chi connectivity index (χ3v) is 2.80. The second kappa shape index (κ2) is 4.97. The first-order chi connectivity index (χ1) is 8.20. The van der Waals surface area contributed by atoms with Gasteiger partial charge in [0.2, 0.25) is 5.54 Å². The van der Waals surface area contributed by atoms with Crippen molar-refractivity contribution in [2.45, 2.75) is 31.5 Å². The quantitative estimate of drug-likeness (QED) is 0.872. The van der Waals surface area contributed by atoms with E-state index in [1.165, 1.54) is 12.1 Å². The topological polar surface area (TPSA) is 63.3 Å².